The highest BCUT2D eigenvalue weighted by molar-refractivity contribution is 7.99. The van der Waals surface area contributed by atoms with Crippen molar-refractivity contribution in [3.05, 3.63) is 65.2 Å². The zero-order chi connectivity index (χ0) is 27.1. The van der Waals surface area contributed by atoms with E-state index in [0.717, 1.165) is 29.5 Å². The molecule has 1 amide bonds. The molecule has 198 valence electrons. The zero-order valence-corrected chi connectivity index (χ0v) is 22.2. The topological polar surface area (TPSA) is 67.8 Å². The number of hydrogen-bond donors (Lipinski definition) is 2. The van der Waals surface area contributed by atoms with Crippen LogP contribution in [0.4, 0.5) is 18.0 Å². The van der Waals surface area contributed by atoms with Crippen molar-refractivity contribution < 1.29 is 32.5 Å². The van der Waals surface area contributed by atoms with E-state index >= 15 is 0 Å². The Morgan fingerprint density at radius 3 is 2.42 bits per heavy atom. The van der Waals surface area contributed by atoms with Crippen LogP contribution in [0.2, 0.25) is 5.02 Å². The Labute approximate surface area is 219 Å². The lowest BCUT2D eigenvalue weighted by atomic mass is 9.88. The summed E-state index contributed by atoms with van der Waals surface area (Å²) in [5, 5.41) is 13.3. The summed E-state index contributed by atoms with van der Waals surface area (Å²) in [4.78, 5) is 13.3. The van der Waals surface area contributed by atoms with E-state index in [1.807, 2.05) is 0 Å². The molecule has 0 spiro atoms. The molecule has 10 heteroatoms. The number of aliphatic hydroxyl groups is 1. The average Bonchev–Trinajstić information content (AvgIpc) is 2.76. The summed E-state index contributed by atoms with van der Waals surface area (Å²) in [5.41, 5.74) is -1.70. The number of nitrogens with one attached hydrogen (secondary N) is 1. The first kappa shape index (κ1) is 29.9. The Morgan fingerprint density at radius 2 is 1.89 bits per heavy atom. The number of ether oxygens (including phenoxy) is 2. The summed E-state index contributed by atoms with van der Waals surface area (Å²) in [6, 6.07) is 8.48. The highest BCUT2D eigenvalue weighted by Gasteiger charge is 2.33. The third-order valence-corrected chi connectivity index (χ3v) is 6.60. The van der Waals surface area contributed by atoms with Gasteiger partial charge >= 0.3 is 12.3 Å². The number of carbonyl (C=O) groups is 1. The first-order chi connectivity index (χ1) is 16.7. The molecule has 0 aliphatic rings. The maximum Gasteiger partial charge on any atom is 0.416 e. The second-order valence-corrected chi connectivity index (χ2v) is 10.8. The van der Waals surface area contributed by atoms with E-state index in [4.69, 9.17) is 21.1 Å². The number of benzene rings is 2. The maximum atomic E-state index is 13.2. The normalized spacial score (nSPS) is 13.6. The van der Waals surface area contributed by atoms with Crippen molar-refractivity contribution in [2.24, 2.45) is 0 Å². The summed E-state index contributed by atoms with van der Waals surface area (Å²) in [6.07, 6.45) is -2.43. The summed E-state index contributed by atoms with van der Waals surface area (Å²) >= 11 is 7.60. The summed E-state index contributed by atoms with van der Waals surface area (Å²) in [5.74, 6) is 0.318. The smallest absolute Gasteiger partial charge is 0.416 e. The Morgan fingerprint density at radius 1 is 1.19 bits per heavy atom. The molecule has 0 aliphatic carbocycles. The molecule has 2 aromatic carbocycles. The molecule has 0 radical (unpaired) electrons. The molecule has 1 atom stereocenters. The number of rotatable bonds is 10. The van der Waals surface area contributed by atoms with E-state index in [-0.39, 0.29) is 6.61 Å². The second-order valence-electron chi connectivity index (χ2n) is 9.28. The Bertz CT molecular complexity index is 1070. The molecule has 0 heterocycles. The summed E-state index contributed by atoms with van der Waals surface area (Å²) in [7, 11) is 1.39. The molecule has 0 aliphatic heterocycles. The number of aliphatic hydroxyl groups excluding tert-OH is 1. The quantitative estimate of drug-likeness (QED) is 0.307. The van der Waals surface area contributed by atoms with Gasteiger partial charge in [0.1, 0.15) is 11.4 Å². The van der Waals surface area contributed by atoms with Crippen molar-refractivity contribution in [3.63, 3.8) is 0 Å². The lowest BCUT2D eigenvalue weighted by molar-refractivity contribution is -0.137. The van der Waals surface area contributed by atoms with Crippen LogP contribution in [0.25, 0.3) is 0 Å². The van der Waals surface area contributed by atoms with Gasteiger partial charge in [0.05, 0.1) is 29.7 Å². The van der Waals surface area contributed by atoms with Gasteiger partial charge in [-0.15, -0.1) is 6.58 Å². The van der Waals surface area contributed by atoms with Gasteiger partial charge in [-0.25, -0.2) is 4.79 Å². The highest BCUT2D eigenvalue weighted by atomic mass is 35.5. The molecule has 1 unspecified atom stereocenters. The van der Waals surface area contributed by atoms with Crippen molar-refractivity contribution in [2.75, 3.05) is 13.7 Å². The van der Waals surface area contributed by atoms with Crippen molar-refractivity contribution in [1.82, 2.24) is 5.32 Å². The highest BCUT2D eigenvalue weighted by Crippen LogP contribution is 2.40. The van der Waals surface area contributed by atoms with Gasteiger partial charge in [0.15, 0.2) is 0 Å². The zero-order valence-electron chi connectivity index (χ0n) is 20.7. The number of methoxy groups -OCH3 is 1. The molecule has 0 aromatic heterocycles. The van der Waals surface area contributed by atoms with Crippen molar-refractivity contribution in [3.8, 4) is 5.75 Å². The fourth-order valence-corrected chi connectivity index (χ4v) is 4.77. The third kappa shape index (κ3) is 8.64. The van der Waals surface area contributed by atoms with E-state index in [1.165, 1.54) is 13.2 Å². The first-order valence-electron chi connectivity index (χ1n) is 11.2. The van der Waals surface area contributed by atoms with E-state index < -0.39 is 29.0 Å². The van der Waals surface area contributed by atoms with Crippen molar-refractivity contribution >= 4 is 29.5 Å². The standard InChI is InChI=1S/C26H31ClF3NO4S/c1-6-12-25(16-32,31-23(33)35-24(2,3)4)13-11-17-7-9-19(15-20(17)27)36-22-14-18(26(28,29)30)8-10-21(22)34-5/h6-10,14-15,32H,1,11-13,16H2,2-5H3,(H,31,33). The van der Waals surface area contributed by atoms with E-state index in [1.54, 1.807) is 45.0 Å². The molecule has 36 heavy (non-hydrogen) atoms. The van der Waals surface area contributed by atoms with Crippen molar-refractivity contribution in [2.45, 2.75) is 67.1 Å². The molecule has 0 fully saturated rings. The number of carbonyl (C=O) groups excluding carboxylic acids is 1. The van der Waals surface area contributed by atoms with Crippen LogP contribution in [-0.4, -0.2) is 36.1 Å². The van der Waals surface area contributed by atoms with Gasteiger partial charge in [0.25, 0.3) is 0 Å². The van der Waals surface area contributed by atoms with Crippen molar-refractivity contribution in [1.29, 1.82) is 0 Å². The molecule has 2 rings (SSSR count). The summed E-state index contributed by atoms with van der Waals surface area (Å²) in [6.45, 7) is 8.62. The van der Waals surface area contributed by atoms with Gasteiger partial charge in [-0.3, -0.25) is 0 Å². The molecule has 5 nitrogen and oxygen atoms in total. The number of alkyl carbamates (subject to hydrolysis) is 1. The monoisotopic (exact) mass is 545 g/mol. The van der Waals surface area contributed by atoms with Crippen LogP contribution >= 0.6 is 23.4 Å². The Kier molecular flexibility index (Phi) is 10.2. The first-order valence-corrected chi connectivity index (χ1v) is 12.4. The minimum Gasteiger partial charge on any atom is -0.496 e. The molecule has 0 saturated heterocycles. The lowest BCUT2D eigenvalue weighted by Gasteiger charge is -2.33. The number of alkyl halides is 3. The van der Waals surface area contributed by atoms with E-state index in [2.05, 4.69) is 11.9 Å². The van der Waals surface area contributed by atoms with Crippen LogP contribution in [0, 0.1) is 0 Å². The molecular formula is C26H31ClF3NO4S. The molecule has 0 bridgehead atoms. The van der Waals surface area contributed by atoms with Crippen LogP contribution in [0.3, 0.4) is 0 Å². The van der Waals surface area contributed by atoms with Gasteiger partial charge in [-0.2, -0.15) is 13.2 Å². The summed E-state index contributed by atoms with van der Waals surface area (Å²) < 4.78 is 50.0. The third-order valence-electron chi connectivity index (χ3n) is 5.22. The predicted octanol–water partition coefficient (Wildman–Crippen LogP) is 7.28. The predicted molar refractivity (Wildman–Crippen MR) is 136 cm³/mol. The van der Waals surface area contributed by atoms with Gasteiger partial charge in [0.2, 0.25) is 0 Å². The van der Waals surface area contributed by atoms with Gasteiger partial charge in [-0.05, 0) is 75.9 Å². The SMILES string of the molecule is C=CCC(CO)(CCc1ccc(Sc2cc(C(F)(F)F)ccc2OC)cc1Cl)NC(=O)OC(C)(C)C. The fourth-order valence-electron chi connectivity index (χ4n) is 3.42. The number of aryl methyl sites for hydroxylation is 1. The Balaban J connectivity index is 2.20. The second kappa shape index (κ2) is 12.3. The minimum absolute atomic E-state index is 0.308. The molecule has 0 saturated carbocycles. The Hall–Kier alpha value is -2.36. The molecular weight excluding hydrogens is 515 g/mol. The molecule has 2 N–H and O–H groups in total. The average molecular weight is 546 g/mol. The van der Waals surface area contributed by atoms with Crippen LogP contribution in [0.15, 0.2) is 58.8 Å². The van der Waals surface area contributed by atoms with Gasteiger partial charge in [0, 0.05) is 9.92 Å². The lowest BCUT2D eigenvalue weighted by Crippen LogP contribution is -2.52. The van der Waals surface area contributed by atoms with Gasteiger partial charge < -0.3 is 19.9 Å². The van der Waals surface area contributed by atoms with E-state index in [9.17, 15) is 23.1 Å². The van der Waals surface area contributed by atoms with Crippen LogP contribution in [0.1, 0.15) is 44.7 Å². The number of hydrogen-bond acceptors (Lipinski definition) is 5. The fraction of sp³-hybridized carbons (Fsp3) is 0.423. The van der Waals surface area contributed by atoms with Crippen LogP contribution in [-0.2, 0) is 17.3 Å². The number of amides is 1. The number of halogens is 4. The minimum atomic E-state index is -4.47. The largest absolute Gasteiger partial charge is 0.496 e. The molecule has 2 aromatic rings. The van der Waals surface area contributed by atoms with Gasteiger partial charge in [-0.1, -0.05) is 35.5 Å². The van der Waals surface area contributed by atoms with Crippen LogP contribution < -0.4 is 10.1 Å². The van der Waals surface area contributed by atoms with E-state index in [0.29, 0.717) is 39.8 Å². The van der Waals surface area contributed by atoms with Crippen LogP contribution in [0.5, 0.6) is 5.75 Å². The maximum absolute atomic E-state index is 13.2.